The van der Waals surface area contributed by atoms with E-state index in [0.717, 1.165) is 16.7 Å². The van der Waals surface area contributed by atoms with Gasteiger partial charge in [-0.2, -0.15) is 5.10 Å². The number of hydrazone groups is 1. The molecular weight excluding hydrogens is 407 g/mol. The zero-order chi connectivity index (χ0) is 20.8. The summed E-state index contributed by atoms with van der Waals surface area (Å²) in [7, 11) is 0. The first-order chi connectivity index (χ1) is 13.9. The molecule has 4 nitrogen and oxygen atoms in total. The molecule has 0 spiro atoms. The molecule has 0 aliphatic carbocycles. The molecular formula is C23H20Cl2N2O2. The second-order valence-electron chi connectivity index (χ2n) is 6.45. The molecule has 0 saturated heterocycles. The lowest BCUT2D eigenvalue weighted by atomic mass is 10.0. The van der Waals surface area contributed by atoms with Gasteiger partial charge in [0.15, 0.2) is 6.10 Å². The average Bonchev–Trinajstić information content (AvgIpc) is 2.74. The largest absolute Gasteiger partial charge is 0.479 e. The van der Waals surface area contributed by atoms with Gasteiger partial charge in [0, 0.05) is 5.02 Å². The Labute approximate surface area is 180 Å². The third-order valence-corrected chi connectivity index (χ3v) is 4.84. The van der Waals surface area contributed by atoms with Crippen molar-refractivity contribution in [2.75, 3.05) is 0 Å². The highest BCUT2D eigenvalue weighted by molar-refractivity contribution is 6.35. The zero-order valence-electron chi connectivity index (χ0n) is 16.0. The Hall–Kier alpha value is -2.82. The molecule has 0 aromatic heterocycles. The summed E-state index contributed by atoms with van der Waals surface area (Å²) < 4.78 is 5.59. The van der Waals surface area contributed by atoms with E-state index in [9.17, 15) is 4.79 Å². The molecule has 3 aromatic carbocycles. The number of benzene rings is 3. The number of hydrogen-bond donors (Lipinski definition) is 1. The summed E-state index contributed by atoms with van der Waals surface area (Å²) in [5.74, 6) is 0.00666. The van der Waals surface area contributed by atoms with Gasteiger partial charge in [-0.05, 0) is 48.7 Å². The molecule has 29 heavy (non-hydrogen) atoms. The van der Waals surface area contributed by atoms with Crippen LogP contribution >= 0.6 is 23.2 Å². The van der Waals surface area contributed by atoms with Gasteiger partial charge in [-0.25, -0.2) is 5.43 Å². The number of carbonyl (C=O) groups excluding carboxylic acids is 1. The van der Waals surface area contributed by atoms with E-state index in [1.807, 2.05) is 49.4 Å². The Balaban J connectivity index is 1.61. The van der Waals surface area contributed by atoms with E-state index < -0.39 is 6.10 Å². The van der Waals surface area contributed by atoms with E-state index in [4.69, 9.17) is 27.9 Å². The predicted molar refractivity (Wildman–Crippen MR) is 119 cm³/mol. The summed E-state index contributed by atoms with van der Waals surface area (Å²) >= 11 is 11.9. The fourth-order valence-electron chi connectivity index (χ4n) is 2.64. The quantitative estimate of drug-likeness (QED) is 0.389. The Morgan fingerprint density at radius 2 is 1.62 bits per heavy atom. The molecule has 0 heterocycles. The van der Waals surface area contributed by atoms with Crippen LogP contribution in [0.3, 0.4) is 0 Å². The van der Waals surface area contributed by atoms with Gasteiger partial charge >= 0.3 is 0 Å². The lowest BCUT2D eigenvalue weighted by molar-refractivity contribution is -0.127. The first kappa shape index (κ1) is 20.9. The van der Waals surface area contributed by atoms with Crippen LogP contribution in [0.15, 0.2) is 77.9 Å². The van der Waals surface area contributed by atoms with E-state index in [1.165, 1.54) is 0 Å². The third kappa shape index (κ3) is 5.59. The van der Waals surface area contributed by atoms with Crippen LogP contribution in [0.25, 0.3) is 11.1 Å². The number of halogens is 2. The van der Waals surface area contributed by atoms with Gasteiger partial charge in [0.05, 0.1) is 10.7 Å². The molecule has 0 radical (unpaired) electrons. The van der Waals surface area contributed by atoms with Gasteiger partial charge in [0.1, 0.15) is 5.75 Å². The third-order valence-electron chi connectivity index (χ3n) is 4.31. The number of nitrogens with zero attached hydrogens (tertiary/aromatic N) is 1. The van der Waals surface area contributed by atoms with Crippen molar-refractivity contribution in [3.8, 4) is 16.9 Å². The van der Waals surface area contributed by atoms with E-state index in [1.54, 1.807) is 25.1 Å². The number of ether oxygens (including phenoxy) is 1. The van der Waals surface area contributed by atoms with Crippen molar-refractivity contribution in [2.45, 2.75) is 20.0 Å². The van der Waals surface area contributed by atoms with Gasteiger partial charge in [-0.1, -0.05) is 77.8 Å². The van der Waals surface area contributed by atoms with Crippen LogP contribution in [0.1, 0.15) is 19.4 Å². The van der Waals surface area contributed by atoms with Crippen LogP contribution in [0.5, 0.6) is 5.75 Å². The number of amides is 1. The average molecular weight is 427 g/mol. The Morgan fingerprint density at radius 3 is 2.28 bits per heavy atom. The molecule has 1 atom stereocenters. The highest BCUT2D eigenvalue weighted by atomic mass is 35.5. The maximum atomic E-state index is 12.3. The van der Waals surface area contributed by atoms with E-state index in [0.29, 0.717) is 21.5 Å². The monoisotopic (exact) mass is 426 g/mol. The van der Waals surface area contributed by atoms with E-state index >= 15 is 0 Å². The zero-order valence-corrected chi connectivity index (χ0v) is 17.5. The number of carbonyl (C=O) groups is 1. The molecule has 3 rings (SSSR count). The van der Waals surface area contributed by atoms with Gasteiger partial charge in [0.25, 0.3) is 5.91 Å². The minimum Gasteiger partial charge on any atom is -0.479 e. The first-order valence-electron chi connectivity index (χ1n) is 9.06. The van der Waals surface area contributed by atoms with E-state index in [-0.39, 0.29) is 5.91 Å². The van der Waals surface area contributed by atoms with Gasteiger partial charge in [0.2, 0.25) is 0 Å². The maximum Gasteiger partial charge on any atom is 0.280 e. The molecule has 0 saturated carbocycles. The SMILES string of the molecule is CC(=NNC(=O)C(C)Oc1ccc(Cl)cc1Cl)c1ccc(-c2ccccc2)cc1. The van der Waals surface area contributed by atoms with Crippen LogP contribution in [0.2, 0.25) is 10.0 Å². The molecule has 1 amide bonds. The Morgan fingerprint density at radius 1 is 0.966 bits per heavy atom. The summed E-state index contributed by atoms with van der Waals surface area (Å²) in [6.07, 6.45) is -0.773. The fraction of sp³-hybridized carbons (Fsp3) is 0.130. The van der Waals surface area contributed by atoms with Crippen molar-refractivity contribution in [3.05, 3.63) is 88.4 Å². The normalized spacial score (nSPS) is 12.3. The molecule has 3 aromatic rings. The topological polar surface area (TPSA) is 50.7 Å². The molecule has 1 unspecified atom stereocenters. The Bertz CT molecular complexity index is 1020. The number of hydrogen-bond acceptors (Lipinski definition) is 3. The van der Waals surface area contributed by atoms with Gasteiger partial charge in [-0.3, -0.25) is 4.79 Å². The van der Waals surface area contributed by atoms with Crippen molar-refractivity contribution in [3.63, 3.8) is 0 Å². The highest BCUT2D eigenvalue weighted by Crippen LogP contribution is 2.28. The molecule has 0 bridgehead atoms. The second kappa shape index (κ2) is 9.59. The van der Waals surface area contributed by atoms with Crippen LogP contribution in [-0.2, 0) is 4.79 Å². The smallest absolute Gasteiger partial charge is 0.280 e. The molecule has 148 valence electrons. The van der Waals surface area contributed by atoms with Crippen molar-refractivity contribution >= 4 is 34.8 Å². The second-order valence-corrected chi connectivity index (χ2v) is 7.30. The van der Waals surface area contributed by atoms with Crippen LogP contribution in [-0.4, -0.2) is 17.7 Å². The van der Waals surface area contributed by atoms with Crippen LogP contribution in [0.4, 0.5) is 0 Å². The predicted octanol–water partition coefficient (Wildman–Crippen LogP) is 5.97. The van der Waals surface area contributed by atoms with E-state index in [2.05, 4.69) is 22.7 Å². The molecule has 0 aliphatic rings. The lowest BCUT2D eigenvalue weighted by Crippen LogP contribution is -2.34. The summed E-state index contributed by atoms with van der Waals surface area (Å²) in [6, 6.07) is 23.0. The summed E-state index contributed by atoms with van der Waals surface area (Å²) in [5, 5.41) is 5.02. The lowest BCUT2D eigenvalue weighted by Gasteiger charge is -2.14. The maximum absolute atomic E-state index is 12.3. The summed E-state index contributed by atoms with van der Waals surface area (Å²) in [6.45, 7) is 3.46. The first-order valence-corrected chi connectivity index (χ1v) is 9.81. The molecule has 6 heteroatoms. The number of rotatable bonds is 6. The van der Waals surface area contributed by atoms with Crippen molar-refractivity contribution in [1.82, 2.24) is 5.43 Å². The van der Waals surface area contributed by atoms with Crippen molar-refractivity contribution in [1.29, 1.82) is 0 Å². The summed E-state index contributed by atoms with van der Waals surface area (Å²) in [4.78, 5) is 12.3. The minimum absolute atomic E-state index is 0.343. The number of nitrogens with one attached hydrogen (secondary N) is 1. The van der Waals surface area contributed by atoms with Crippen molar-refractivity contribution < 1.29 is 9.53 Å². The molecule has 0 aliphatic heterocycles. The summed E-state index contributed by atoms with van der Waals surface area (Å²) in [5.41, 5.74) is 6.40. The molecule has 0 fully saturated rings. The highest BCUT2D eigenvalue weighted by Gasteiger charge is 2.16. The van der Waals surface area contributed by atoms with Crippen LogP contribution in [0, 0.1) is 0 Å². The van der Waals surface area contributed by atoms with Crippen LogP contribution < -0.4 is 10.2 Å². The van der Waals surface area contributed by atoms with Gasteiger partial charge in [-0.15, -0.1) is 0 Å². The Kier molecular flexibility index (Phi) is 6.91. The van der Waals surface area contributed by atoms with Gasteiger partial charge < -0.3 is 4.74 Å². The minimum atomic E-state index is -0.773. The molecule has 1 N–H and O–H groups in total. The standard InChI is InChI=1S/C23H20Cl2N2O2/c1-15(17-8-10-19(11-9-17)18-6-4-3-5-7-18)26-27-23(28)16(2)29-22-13-12-20(24)14-21(22)25/h3-14,16H,1-2H3,(H,27,28). The fourth-order valence-corrected chi connectivity index (χ4v) is 3.10. The van der Waals surface area contributed by atoms with Crippen molar-refractivity contribution in [2.24, 2.45) is 5.10 Å².